The Kier molecular flexibility index (Phi) is 7.80. The van der Waals surface area contributed by atoms with E-state index in [9.17, 15) is 9.18 Å². The van der Waals surface area contributed by atoms with Crippen LogP contribution in [0.2, 0.25) is 0 Å². The predicted octanol–water partition coefficient (Wildman–Crippen LogP) is 3.66. The van der Waals surface area contributed by atoms with Crippen molar-refractivity contribution in [2.24, 2.45) is 13.0 Å². The smallest absolute Gasteiger partial charge is 0.263 e. The van der Waals surface area contributed by atoms with E-state index in [4.69, 9.17) is 15.0 Å². The predicted molar refractivity (Wildman–Crippen MR) is 128 cm³/mol. The first-order valence-electron chi connectivity index (χ1n) is 10.7. The van der Waals surface area contributed by atoms with Gasteiger partial charge in [0.05, 0.1) is 30.0 Å². The number of rotatable bonds is 8. The molecular formula is C25H28FN5O2. The molecule has 8 heteroatoms. The minimum absolute atomic E-state index is 0.0911. The van der Waals surface area contributed by atoms with Crippen molar-refractivity contribution in [3.05, 3.63) is 70.4 Å². The van der Waals surface area contributed by atoms with Crippen molar-refractivity contribution in [2.75, 3.05) is 32.1 Å². The minimum atomic E-state index is -0.570. The Bertz CT molecular complexity index is 1200. The van der Waals surface area contributed by atoms with E-state index in [2.05, 4.69) is 17.2 Å². The third-order valence-corrected chi connectivity index (χ3v) is 5.68. The summed E-state index contributed by atoms with van der Waals surface area (Å²) in [4.78, 5) is 18.2. The van der Waals surface area contributed by atoms with E-state index in [1.807, 2.05) is 6.07 Å². The largest absolute Gasteiger partial charge is 0.494 e. The number of allylic oxidation sites excluding steroid dienone is 5. The molecule has 0 aliphatic carbocycles. The molecule has 3 rings (SSSR count). The Morgan fingerprint density at radius 1 is 1.48 bits per heavy atom. The molecule has 1 fully saturated rings. The maximum absolute atomic E-state index is 14.5. The first kappa shape index (κ1) is 24.0. The molecule has 33 heavy (non-hydrogen) atoms. The summed E-state index contributed by atoms with van der Waals surface area (Å²) in [6, 6.07) is 6.43. The van der Waals surface area contributed by atoms with Crippen LogP contribution in [0.5, 0.6) is 5.75 Å². The van der Waals surface area contributed by atoms with Crippen LogP contribution in [0.25, 0.3) is 16.7 Å². The molecule has 2 N–H and O–H groups in total. The number of nitriles is 1. The molecule has 1 saturated heterocycles. The van der Waals surface area contributed by atoms with Crippen LogP contribution in [-0.2, 0) is 7.05 Å². The van der Waals surface area contributed by atoms with Gasteiger partial charge in [-0.3, -0.25) is 9.36 Å². The minimum Gasteiger partial charge on any atom is -0.494 e. The normalized spacial score (nSPS) is 16.4. The second kappa shape index (κ2) is 10.7. The molecule has 0 spiro atoms. The molecule has 0 unspecified atom stereocenters. The van der Waals surface area contributed by atoms with Gasteiger partial charge in [-0.1, -0.05) is 24.8 Å². The lowest BCUT2D eigenvalue weighted by Crippen LogP contribution is -2.27. The van der Waals surface area contributed by atoms with Crippen LogP contribution in [0.15, 0.2) is 53.4 Å². The zero-order chi connectivity index (χ0) is 24.0. The summed E-state index contributed by atoms with van der Waals surface area (Å²) in [6.07, 6.45) is 5.82. The first-order valence-corrected chi connectivity index (χ1v) is 10.7. The van der Waals surface area contributed by atoms with Crippen molar-refractivity contribution in [3.63, 3.8) is 0 Å². The molecule has 172 valence electrons. The molecule has 1 aliphatic heterocycles. The van der Waals surface area contributed by atoms with Crippen LogP contribution >= 0.6 is 0 Å². The third kappa shape index (κ3) is 5.38. The summed E-state index contributed by atoms with van der Waals surface area (Å²) in [5.74, 6) is 0.402. The second-order valence-corrected chi connectivity index (χ2v) is 7.90. The van der Waals surface area contributed by atoms with Gasteiger partial charge in [-0.25, -0.2) is 9.37 Å². The summed E-state index contributed by atoms with van der Waals surface area (Å²) in [7, 11) is 3.03. The van der Waals surface area contributed by atoms with Gasteiger partial charge in [-0.05, 0) is 61.7 Å². The molecule has 0 bridgehead atoms. The van der Waals surface area contributed by atoms with Crippen molar-refractivity contribution >= 4 is 11.5 Å². The quantitative estimate of drug-likeness (QED) is 0.472. The Balaban J connectivity index is 2.14. The lowest BCUT2D eigenvalue weighted by atomic mass is 10.00. The Morgan fingerprint density at radius 2 is 2.27 bits per heavy atom. The fraction of sp³-hybridized carbons (Fsp3) is 0.320. The number of halogens is 1. The average Bonchev–Trinajstić information content (AvgIpc) is 3.34. The zero-order valence-electron chi connectivity index (χ0n) is 19.1. The Morgan fingerprint density at radius 3 is 2.88 bits per heavy atom. The topological polar surface area (TPSA) is 92.0 Å². The molecule has 0 saturated carbocycles. The number of aromatic nitrogens is 2. The van der Waals surface area contributed by atoms with Gasteiger partial charge in [0.2, 0.25) is 5.95 Å². The van der Waals surface area contributed by atoms with Crippen LogP contribution in [0.1, 0.15) is 19.0 Å². The van der Waals surface area contributed by atoms with Gasteiger partial charge in [0.15, 0.2) is 11.6 Å². The molecular weight excluding hydrogens is 421 g/mol. The van der Waals surface area contributed by atoms with Crippen molar-refractivity contribution in [2.45, 2.75) is 13.3 Å². The maximum Gasteiger partial charge on any atom is 0.263 e. The summed E-state index contributed by atoms with van der Waals surface area (Å²) in [5, 5.41) is 15.8. The summed E-state index contributed by atoms with van der Waals surface area (Å²) < 4.78 is 20.9. The van der Waals surface area contributed by atoms with E-state index >= 15 is 0 Å². The van der Waals surface area contributed by atoms with E-state index in [0.717, 1.165) is 19.5 Å². The molecule has 0 radical (unpaired) electrons. The summed E-state index contributed by atoms with van der Waals surface area (Å²) >= 11 is 0. The van der Waals surface area contributed by atoms with Crippen molar-refractivity contribution in [1.82, 2.24) is 14.9 Å². The first-order chi connectivity index (χ1) is 15.9. The fourth-order valence-corrected chi connectivity index (χ4v) is 3.70. The maximum atomic E-state index is 14.5. The number of anilines is 1. The van der Waals surface area contributed by atoms with Crippen LogP contribution in [0.4, 0.5) is 10.3 Å². The van der Waals surface area contributed by atoms with E-state index in [0.29, 0.717) is 40.8 Å². The molecule has 1 aromatic carbocycles. The molecule has 0 amide bonds. The Hall–Kier alpha value is -3.70. The number of nitrogens with zero attached hydrogens (tertiary/aromatic N) is 3. The van der Waals surface area contributed by atoms with Gasteiger partial charge in [0, 0.05) is 13.6 Å². The molecule has 2 heterocycles. The highest BCUT2D eigenvalue weighted by Crippen LogP contribution is 2.29. The van der Waals surface area contributed by atoms with Crippen LogP contribution in [0, 0.1) is 23.1 Å². The van der Waals surface area contributed by atoms with Crippen LogP contribution in [0.3, 0.4) is 0 Å². The standard InChI is InChI=1S/C25H28FN5O2/c1-5-17(13-27)7-6-16(2)23-22(19-8-9-21(33-4)20(26)12-19)24(32)31(3)25(30-23)29-15-18-10-11-28-14-18/h5-9,12,18,28H,1,10-11,14-15H2,2-4H3,(H,29,30)/b16-6+,17-7+/t18-/m1/s1. The SMILES string of the molecule is C=C/C(C#N)=C\C=C(/C)c1nc(NC[C@@H]2CCNC2)n(C)c(=O)c1-c1ccc(OC)c(F)c1. The fourth-order valence-electron chi connectivity index (χ4n) is 3.70. The monoisotopic (exact) mass is 449 g/mol. The second-order valence-electron chi connectivity index (χ2n) is 7.90. The zero-order valence-corrected chi connectivity index (χ0v) is 19.1. The highest BCUT2D eigenvalue weighted by Gasteiger charge is 2.20. The van der Waals surface area contributed by atoms with Gasteiger partial charge in [-0.15, -0.1) is 0 Å². The summed E-state index contributed by atoms with van der Waals surface area (Å²) in [6.45, 7) is 7.99. The van der Waals surface area contributed by atoms with Crippen molar-refractivity contribution in [1.29, 1.82) is 5.26 Å². The molecule has 1 aromatic heterocycles. The molecule has 7 nitrogen and oxygen atoms in total. The Labute approximate surface area is 192 Å². The van der Waals surface area contributed by atoms with E-state index in [1.165, 1.54) is 29.9 Å². The van der Waals surface area contributed by atoms with Crippen LogP contribution in [-0.4, -0.2) is 36.3 Å². The van der Waals surface area contributed by atoms with Crippen LogP contribution < -0.4 is 20.9 Å². The number of methoxy groups -OCH3 is 1. The number of nitrogens with one attached hydrogen (secondary N) is 2. The number of ether oxygens (including phenoxy) is 1. The number of hydrogen-bond donors (Lipinski definition) is 2. The van der Waals surface area contributed by atoms with Gasteiger partial charge in [0.25, 0.3) is 5.56 Å². The number of hydrogen-bond acceptors (Lipinski definition) is 6. The van der Waals surface area contributed by atoms with E-state index < -0.39 is 5.82 Å². The van der Waals surface area contributed by atoms with E-state index in [-0.39, 0.29) is 16.9 Å². The van der Waals surface area contributed by atoms with Gasteiger partial charge in [0.1, 0.15) is 0 Å². The molecule has 1 aliphatic rings. The van der Waals surface area contributed by atoms with Gasteiger partial charge >= 0.3 is 0 Å². The van der Waals surface area contributed by atoms with Gasteiger partial charge in [-0.2, -0.15) is 5.26 Å². The molecule has 1 atom stereocenters. The van der Waals surface area contributed by atoms with Crippen molar-refractivity contribution in [3.8, 4) is 22.9 Å². The molecule has 2 aromatic rings. The number of benzene rings is 1. The lowest BCUT2D eigenvalue weighted by Gasteiger charge is -2.18. The lowest BCUT2D eigenvalue weighted by molar-refractivity contribution is 0.386. The third-order valence-electron chi connectivity index (χ3n) is 5.68. The summed E-state index contributed by atoms with van der Waals surface area (Å²) in [5.41, 5.74) is 1.79. The van der Waals surface area contributed by atoms with Gasteiger partial charge < -0.3 is 15.4 Å². The highest BCUT2D eigenvalue weighted by molar-refractivity contribution is 5.79. The van der Waals surface area contributed by atoms with E-state index in [1.54, 1.807) is 32.2 Å². The highest BCUT2D eigenvalue weighted by atomic mass is 19.1. The van der Waals surface area contributed by atoms with Crippen molar-refractivity contribution < 1.29 is 9.13 Å². The average molecular weight is 450 g/mol.